The molecule has 0 unspecified atom stereocenters. The van der Waals surface area contributed by atoms with E-state index in [1.54, 1.807) is 18.2 Å². The molecule has 0 radical (unpaired) electrons. The molecular weight excluding hydrogens is 430 g/mol. The van der Waals surface area contributed by atoms with Crippen LogP contribution in [-0.2, 0) is 9.47 Å². The van der Waals surface area contributed by atoms with Crippen molar-refractivity contribution in [3.05, 3.63) is 82.5 Å². The smallest absolute Gasteiger partial charge is 0.338 e. The molecule has 0 saturated heterocycles. The van der Waals surface area contributed by atoms with Gasteiger partial charge in [-0.25, -0.2) is 18.6 Å². The molecule has 6 nitrogen and oxygen atoms in total. The lowest BCUT2D eigenvalue weighted by Gasteiger charge is -2.10. The number of hydrogen-bond donors (Lipinski definition) is 1. The fourth-order valence-electron chi connectivity index (χ4n) is 2.70. The summed E-state index contributed by atoms with van der Waals surface area (Å²) in [6.07, 6.45) is 1.41. The first-order valence-electron chi connectivity index (χ1n) is 9.08. The van der Waals surface area contributed by atoms with Crippen molar-refractivity contribution in [1.29, 1.82) is 0 Å². The number of ether oxygens (including phenoxy) is 2. The van der Waals surface area contributed by atoms with Crippen LogP contribution in [0.1, 0.15) is 20.7 Å². The summed E-state index contributed by atoms with van der Waals surface area (Å²) in [5, 5.41) is 2.72. The van der Waals surface area contributed by atoms with Crippen molar-refractivity contribution in [1.82, 2.24) is 4.98 Å². The highest BCUT2D eigenvalue weighted by molar-refractivity contribution is 6.33. The molecule has 0 aliphatic rings. The van der Waals surface area contributed by atoms with Crippen molar-refractivity contribution in [2.75, 3.05) is 25.6 Å². The summed E-state index contributed by atoms with van der Waals surface area (Å²) in [7, 11) is 1.50. The molecule has 2 aromatic carbocycles. The average Bonchev–Trinajstić information content (AvgIpc) is 2.75. The van der Waals surface area contributed by atoms with Gasteiger partial charge in [-0.3, -0.25) is 4.79 Å². The Balaban J connectivity index is 1.77. The maximum Gasteiger partial charge on any atom is 0.338 e. The first-order valence-corrected chi connectivity index (χ1v) is 9.46. The molecule has 3 rings (SSSR count). The van der Waals surface area contributed by atoms with Crippen molar-refractivity contribution >= 4 is 29.3 Å². The number of benzene rings is 2. The summed E-state index contributed by atoms with van der Waals surface area (Å²) in [6, 6.07) is 10.8. The number of esters is 1. The fourth-order valence-corrected chi connectivity index (χ4v) is 2.92. The predicted octanol–water partition coefficient (Wildman–Crippen LogP) is 4.74. The molecule has 0 aliphatic carbocycles. The van der Waals surface area contributed by atoms with E-state index in [2.05, 4.69) is 10.3 Å². The number of carbonyl (C=O) groups excluding carboxylic acids is 2. The van der Waals surface area contributed by atoms with Crippen LogP contribution in [0.15, 0.2) is 54.7 Å². The Morgan fingerprint density at radius 3 is 2.45 bits per heavy atom. The van der Waals surface area contributed by atoms with E-state index in [1.807, 2.05) is 0 Å². The van der Waals surface area contributed by atoms with Crippen LogP contribution < -0.4 is 5.32 Å². The van der Waals surface area contributed by atoms with Crippen molar-refractivity contribution in [2.24, 2.45) is 0 Å². The minimum absolute atomic E-state index is 0.0858. The number of nitrogens with one attached hydrogen (secondary N) is 1. The maximum atomic E-state index is 13.8. The largest absolute Gasteiger partial charge is 0.460 e. The zero-order valence-electron chi connectivity index (χ0n) is 16.3. The molecule has 1 aromatic heterocycles. The van der Waals surface area contributed by atoms with Gasteiger partial charge in [-0.1, -0.05) is 17.7 Å². The molecule has 31 heavy (non-hydrogen) atoms. The number of aromatic nitrogens is 1. The molecule has 0 bridgehead atoms. The van der Waals surface area contributed by atoms with Gasteiger partial charge < -0.3 is 14.8 Å². The minimum atomic E-state index is -0.977. The van der Waals surface area contributed by atoms with Crippen LogP contribution in [-0.4, -0.2) is 37.2 Å². The van der Waals surface area contributed by atoms with Crippen molar-refractivity contribution in [3.63, 3.8) is 0 Å². The van der Waals surface area contributed by atoms with Crippen molar-refractivity contribution in [2.45, 2.75) is 0 Å². The van der Waals surface area contributed by atoms with E-state index in [4.69, 9.17) is 21.1 Å². The van der Waals surface area contributed by atoms with Gasteiger partial charge in [0.1, 0.15) is 29.6 Å². The van der Waals surface area contributed by atoms with Crippen LogP contribution in [0, 0.1) is 11.6 Å². The lowest BCUT2D eigenvalue weighted by atomic mass is 10.0. The monoisotopic (exact) mass is 446 g/mol. The molecule has 0 spiro atoms. The van der Waals surface area contributed by atoms with Crippen LogP contribution in [0.4, 0.5) is 14.6 Å². The van der Waals surface area contributed by atoms with E-state index < -0.39 is 29.1 Å². The Labute approximate surface area is 181 Å². The van der Waals surface area contributed by atoms with Gasteiger partial charge >= 0.3 is 5.97 Å². The predicted molar refractivity (Wildman–Crippen MR) is 111 cm³/mol. The molecule has 1 heterocycles. The number of nitrogens with zero attached hydrogens (tertiary/aromatic N) is 1. The SMILES string of the molecule is COCCOC(=O)c1ccc(Cl)c(-c2ccc(NC(=O)c3c(F)cccc3F)nc2)c1. The van der Waals surface area contributed by atoms with E-state index in [9.17, 15) is 18.4 Å². The van der Waals surface area contributed by atoms with Crippen LogP contribution >= 0.6 is 11.6 Å². The summed E-state index contributed by atoms with van der Waals surface area (Å²) in [6.45, 7) is 0.395. The highest BCUT2D eigenvalue weighted by Gasteiger charge is 2.18. The average molecular weight is 447 g/mol. The standard InChI is InChI=1S/C22H17ClF2N2O4/c1-30-9-10-31-22(29)13-5-7-16(23)15(11-13)14-6-8-19(26-12-14)27-21(28)20-17(24)3-2-4-18(20)25/h2-8,11-12H,9-10H2,1H3,(H,26,27,28). The number of methoxy groups -OCH3 is 1. The Bertz CT molecular complexity index is 1090. The summed E-state index contributed by atoms with van der Waals surface area (Å²) < 4.78 is 37.4. The topological polar surface area (TPSA) is 77.5 Å². The quantitative estimate of drug-likeness (QED) is 0.419. The van der Waals surface area contributed by atoms with Gasteiger partial charge in [0.2, 0.25) is 0 Å². The van der Waals surface area contributed by atoms with Crippen LogP contribution in [0.5, 0.6) is 0 Å². The molecular formula is C22H17ClF2N2O4. The zero-order chi connectivity index (χ0) is 22.4. The molecule has 0 saturated carbocycles. The third kappa shape index (κ3) is 5.42. The number of carbonyl (C=O) groups is 2. The van der Waals surface area contributed by atoms with Gasteiger partial charge in [0.15, 0.2) is 0 Å². The third-order valence-corrected chi connectivity index (χ3v) is 4.56. The first kappa shape index (κ1) is 22.3. The van der Waals surface area contributed by atoms with Gasteiger partial charge in [0.05, 0.1) is 12.2 Å². The van der Waals surface area contributed by atoms with Crippen molar-refractivity contribution < 1.29 is 27.8 Å². The number of anilines is 1. The zero-order valence-corrected chi connectivity index (χ0v) is 17.1. The molecule has 3 aromatic rings. The van der Waals surface area contributed by atoms with Crippen LogP contribution in [0.3, 0.4) is 0 Å². The summed E-state index contributed by atoms with van der Waals surface area (Å²) in [5.41, 5.74) is 0.680. The van der Waals surface area contributed by atoms with Crippen molar-refractivity contribution in [3.8, 4) is 11.1 Å². The highest BCUT2D eigenvalue weighted by atomic mass is 35.5. The molecule has 160 valence electrons. The van der Waals surface area contributed by atoms with Crippen LogP contribution in [0.2, 0.25) is 5.02 Å². The number of hydrogen-bond acceptors (Lipinski definition) is 5. The van der Waals surface area contributed by atoms with Gasteiger partial charge in [-0.15, -0.1) is 0 Å². The lowest BCUT2D eigenvalue weighted by molar-refractivity contribution is 0.0388. The van der Waals surface area contributed by atoms with E-state index in [0.29, 0.717) is 21.7 Å². The van der Waals surface area contributed by atoms with Gasteiger partial charge in [0, 0.05) is 29.5 Å². The molecule has 1 amide bonds. The molecule has 1 N–H and O–H groups in total. The van der Waals surface area contributed by atoms with Gasteiger partial charge in [-0.2, -0.15) is 0 Å². The fraction of sp³-hybridized carbons (Fsp3) is 0.136. The van der Waals surface area contributed by atoms with Gasteiger partial charge in [0.25, 0.3) is 5.91 Å². The van der Waals surface area contributed by atoms with E-state index in [0.717, 1.165) is 12.1 Å². The maximum absolute atomic E-state index is 13.8. The molecule has 0 aliphatic heterocycles. The summed E-state index contributed by atoms with van der Waals surface area (Å²) >= 11 is 6.25. The Morgan fingerprint density at radius 1 is 1.06 bits per heavy atom. The second-order valence-electron chi connectivity index (χ2n) is 6.31. The Hall–Kier alpha value is -3.36. The number of pyridine rings is 1. The number of halogens is 3. The Morgan fingerprint density at radius 2 is 1.81 bits per heavy atom. The lowest BCUT2D eigenvalue weighted by Crippen LogP contribution is -2.16. The summed E-state index contributed by atoms with van der Waals surface area (Å²) in [5.74, 6) is -3.36. The number of rotatable bonds is 7. The van der Waals surface area contributed by atoms with E-state index in [1.165, 1.54) is 31.5 Å². The third-order valence-electron chi connectivity index (χ3n) is 4.23. The van der Waals surface area contributed by atoms with Crippen LogP contribution in [0.25, 0.3) is 11.1 Å². The highest BCUT2D eigenvalue weighted by Crippen LogP contribution is 2.29. The Kier molecular flexibility index (Phi) is 7.28. The summed E-state index contributed by atoms with van der Waals surface area (Å²) in [4.78, 5) is 28.4. The van der Waals surface area contributed by atoms with E-state index in [-0.39, 0.29) is 19.0 Å². The second-order valence-corrected chi connectivity index (χ2v) is 6.71. The first-order chi connectivity index (χ1) is 14.9. The normalized spacial score (nSPS) is 10.6. The van der Waals surface area contributed by atoms with E-state index >= 15 is 0 Å². The molecule has 0 fully saturated rings. The number of amides is 1. The van der Waals surface area contributed by atoms with Gasteiger partial charge in [-0.05, 0) is 42.5 Å². The molecule has 9 heteroatoms. The minimum Gasteiger partial charge on any atom is -0.460 e. The molecule has 0 atom stereocenters. The second kappa shape index (κ2) is 10.1.